The largest absolute Gasteiger partial charge is 0.426 e. The molecule has 3 heteroatoms. The first-order valence-corrected chi connectivity index (χ1v) is 12.5. The highest BCUT2D eigenvalue weighted by molar-refractivity contribution is 5.75. The molecular formula is C29H35NO2. The zero-order valence-electron chi connectivity index (χ0n) is 19.3. The van der Waals surface area contributed by atoms with Gasteiger partial charge < -0.3 is 4.74 Å². The lowest BCUT2D eigenvalue weighted by atomic mass is 9.69. The summed E-state index contributed by atoms with van der Waals surface area (Å²) in [6.07, 6.45) is 12.7. The van der Waals surface area contributed by atoms with E-state index in [0.29, 0.717) is 11.3 Å². The van der Waals surface area contributed by atoms with E-state index in [0.717, 1.165) is 41.7 Å². The molecule has 0 bridgehead atoms. The lowest BCUT2D eigenvalue weighted by Crippen LogP contribution is -2.30. The standard InChI is InChI=1S/C29H35NO2/c1-2-3-21-4-8-23(9-5-21)25-12-14-27(15-13-25)29(31)32-28-18-16-26(17-19-28)24-10-6-22(20-30)7-11-24/h6-7,10-11,16-19,21,23,25,27H,2-5,8-9,12-15H2,1H3/t21-,23-,25-,27-. The lowest BCUT2D eigenvalue weighted by molar-refractivity contribution is -0.140. The molecule has 32 heavy (non-hydrogen) atoms. The molecule has 168 valence electrons. The Hall–Kier alpha value is -2.60. The predicted octanol–water partition coefficient (Wildman–Crippen LogP) is 7.54. The molecule has 0 heterocycles. The first-order chi connectivity index (χ1) is 15.7. The van der Waals surface area contributed by atoms with Gasteiger partial charge in [0.25, 0.3) is 0 Å². The summed E-state index contributed by atoms with van der Waals surface area (Å²) >= 11 is 0. The number of hydrogen-bond acceptors (Lipinski definition) is 3. The molecule has 0 spiro atoms. The van der Waals surface area contributed by atoms with Crippen LogP contribution in [0.1, 0.15) is 76.7 Å². The Morgan fingerprint density at radius 1 is 0.844 bits per heavy atom. The van der Waals surface area contributed by atoms with E-state index >= 15 is 0 Å². The quantitative estimate of drug-likeness (QED) is 0.352. The molecule has 2 aromatic carbocycles. The van der Waals surface area contributed by atoms with Gasteiger partial charge >= 0.3 is 5.97 Å². The summed E-state index contributed by atoms with van der Waals surface area (Å²) in [6, 6.07) is 17.3. The van der Waals surface area contributed by atoms with Gasteiger partial charge in [-0.1, -0.05) is 56.9 Å². The Balaban J connectivity index is 1.25. The van der Waals surface area contributed by atoms with Crippen LogP contribution in [0.3, 0.4) is 0 Å². The van der Waals surface area contributed by atoms with E-state index in [1.54, 1.807) is 0 Å². The third-order valence-corrected chi connectivity index (χ3v) is 7.78. The monoisotopic (exact) mass is 429 g/mol. The Labute approximate surface area is 192 Å². The Morgan fingerprint density at radius 3 is 1.91 bits per heavy atom. The van der Waals surface area contributed by atoms with Crippen molar-refractivity contribution in [1.82, 2.24) is 0 Å². The van der Waals surface area contributed by atoms with Crippen LogP contribution in [-0.2, 0) is 4.79 Å². The van der Waals surface area contributed by atoms with Gasteiger partial charge in [-0.25, -0.2) is 0 Å². The smallest absolute Gasteiger partial charge is 0.314 e. The fourth-order valence-corrected chi connectivity index (χ4v) is 5.83. The normalized spacial score (nSPS) is 25.6. The maximum atomic E-state index is 12.7. The summed E-state index contributed by atoms with van der Waals surface area (Å²) in [6.45, 7) is 2.30. The van der Waals surface area contributed by atoms with Crippen molar-refractivity contribution >= 4 is 5.97 Å². The molecule has 0 unspecified atom stereocenters. The van der Waals surface area contributed by atoms with Crippen molar-refractivity contribution in [3.8, 4) is 22.9 Å². The number of hydrogen-bond donors (Lipinski definition) is 0. The minimum absolute atomic E-state index is 0.0425. The van der Waals surface area contributed by atoms with Gasteiger partial charge in [-0.15, -0.1) is 0 Å². The second-order valence-electron chi connectivity index (χ2n) is 9.82. The van der Waals surface area contributed by atoms with Gasteiger partial charge in [0.2, 0.25) is 0 Å². The third kappa shape index (κ3) is 5.60. The minimum atomic E-state index is -0.0683. The van der Waals surface area contributed by atoms with E-state index in [4.69, 9.17) is 10.00 Å². The number of nitriles is 1. The molecule has 2 fully saturated rings. The summed E-state index contributed by atoms with van der Waals surface area (Å²) in [5, 5.41) is 8.94. The van der Waals surface area contributed by atoms with Gasteiger partial charge in [-0.05, 0) is 91.7 Å². The highest BCUT2D eigenvalue weighted by Gasteiger charge is 2.33. The van der Waals surface area contributed by atoms with Crippen molar-refractivity contribution in [1.29, 1.82) is 5.26 Å². The van der Waals surface area contributed by atoms with Gasteiger partial charge in [-0.2, -0.15) is 5.26 Å². The number of carbonyl (C=O) groups excluding carboxylic acids is 1. The number of carbonyl (C=O) groups is 1. The van der Waals surface area contributed by atoms with Crippen LogP contribution in [0.25, 0.3) is 11.1 Å². The second-order valence-corrected chi connectivity index (χ2v) is 9.82. The molecule has 0 radical (unpaired) electrons. The van der Waals surface area contributed by atoms with E-state index in [1.165, 1.54) is 51.4 Å². The summed E-state index contributed by atoms with van der Waals surface area (Å²) in [7, 11) is 0. The molecule has 0 atom stereocenters. The van der Waals surface area contributed by atoms with Crippen molar-refractivity contribution in [2.75, 3.05) is 0 Å². The molecule has 0 aromatic heterocycles. The molecule has 0 saturated heterocycles. The molecule has 4 rings (SSSR count). The fraction of sp³-hybridized carbons (Fsp3) is 0.517. The highest BCUT2D eigenvalue weighted by Crippen LogP contribution is 2.42. The topological polar surface area (TPSA) is 50.1 Å². The fourth-order valence-electron chi connectivity index (χ4n) is 5.83. The maximum absolute atomic E-state index is 12.7. The third-order valence-electron chi connectivity index (χ3n) is 7.78. The van der Waals surface area contributed by atoms with Crippen LogP contribution in [0.15, 0.2) is 48.5 Å². The molecular weight excluding hydrogens is 394 g/mol. The summed E-state index contributed by atoms with van der Waals surface area (Å²) in [4.78, 5) is 12.7. The molecule has 2 aliphatic carbocycles. The second kappa shape index (κ2) is 10.8. The molecule has 2 aliphatic rings. The van der Waals surface area contributed by atoms with Gasteiger partial charge in [0.15, 0.2) is 0 Å². The van der Waals surface area contributed by atoms with Crippen LogP contribution in [0.4, 0.5) is 0 Å². The number of rotatable bonds is 6. The van der Waals surface area contributed by atoms with Crippen molar-refractivity contribution in [2.45, 2.75) is 71.1 Å². The number of nitrogens with zero attached hydrogens (tertiary/aromatic N) is 1. The van der Waals surface area contributed by atoms with Crippen LogP contribution < -0.4 is 4.74 Å². The number of ether oxygens (including phenoxy) is 1. The van der Waals surface area contributed by atoms with Crippen LogP contribution >= 0.6 is 0 Å². The van der Waals surface area contributed by atoms with Gasteiger partial charge in [0.05, 0.1) is 17.6 Å². The molecule has 0 aliphatic heterocycles. The number of esters is 1. The van der Waals surface area contributed by atoms with Gasteiger partial charge in [0, 0.05) is 0 Å². The molecule has 2 aromatic rings. The van der Waals surface area contributed by atoms with Crippen LogP contribution in [0, 0.1) is 35.0 Å². The first kappa shape index (κ1) is 22.6. The molecule has 3 nitrogen and oxygen atoms in total. The zero-order valence-corrected chi connectivity index (χ0v) is 19.3. The average Bonchev–Trinajstić information content (AvgIpc) is 2.85. The molecule has 0 amide bonds. The Bertz CT molecular complexity index is 909. The summed E-state index contributed by atoms with van der Waals surface area (Å²) in [5.74, 6) is 3.25. The van der Waals surface area contributed by atoms with E-state index in [2.05, 4.69) is 13.0 Å². The predicted molar refractivity (Wildman–Crippen MR) is 128 cm³/mol. The van der Waals surface area contributed by atoms with Crippen LogP contribution in [-0.4, -0.2) is 5.97 Å². The average molecular weight is 430 g/mol. The van der Waals surface area contributed by atoms with E-state index in [-0.39, 0.29) is 11.9 Å². The molecule has 0 N–H and O–H groups in total. The highest BCUT2D eigenvalue weighted by atomic mass is 16.5. The zero-order chi connectivity index (χ0) is 22.3. The Kier molecular flexibility index (Phi) is 7.63. The Morgan fingerprint density at radius 2 is 1.38 bits per heavy atom. The summed E-state index contributed by atoms with van der Waals surface area (Å²) < 4.78 is 5.72. The maximum Gasteiger partial charge on any atom is 0.314 e. The minimum Gasteiger partial charge on any atom is -0.426 e. The summed E-state index contributed by atoms with van der Waals surface area (Å²) in [5.41, 5.74) is 2.74. The SMILES string of the molecule is CCC[C@H]1CC[C@H]([C@H]2CC[C@H](C(=O)Oc3ccc(-c4ccc(C#N)cc4)cc3)CC2)CC1. The van der Waals surface area contributed by atoms with E-state index in [9.17, 15) is 4.79 Å². The van der Waals surface area contributed by atoms with Crippen LogP contribution in [0.2, 0.25) is 0 Å². The van der Waals surface area contributed by atoms with Gasteiger partial charge in [-0.3, -0.25) is 4.79 Å². The lowest BCUT2D eigenvalue weighted by Gasteiger charge is -2.37. The van der Waals surface area contributed by atoms with E-state index < -0.39 is 0 Å². The van der Waals surface area contributed by atoms with Crippen LogP contribution in [0.5, 0.6) is 5.75 Å². The van der Waals surface area contributed by atoms with Gasteiger partial charge in [0.1, 0.15) is 5.75 Å². The van der Waals surface area contributed by atoms with Crippen molar-refractivity contribution < 1.29 is 9.53 Å². The van der Waals surface area contributed by atoms with Crippen molar-refractivity contribution in [3.05, 3.63) is 54.1 Å². The molecule has 2 saturated carbocycles. The van der Waals surface area contributed by atoms with E-state index in [1.807, 2.05) is 48.5 Å². The van der Waals surface area contributed by atoms with Crippen molar-refractivity contribution in [3.63, 3.8) is 0 Å². The van der Waals surface area contributed by atoms with Crippen molar-refractivity contribution in [2.24, 2.45) is 23.7 Å². The first-order valence-electron chi connectivity index (χ1n) is 12.5. The number of benzene rings is 2.